The summed E-state index contributed by atoms with van der Waals surface area (Å²) >= 11 is 6.16. The van der Waals surface area contributed by atoms with Crippen molar-refractivity contribution in [2.24, 2.45) is 0 Å². The first-order chi connectivity index (χ1) is 16.1. The van der Waals surface area contributed by atoms with E-state index in [-0.39, 0.29) is 6.10 Å². The Labute approximate surface area is 197 Å². The predicted molar refractivity (Wildman–Crippen MR) is 129 cm³/mol. The summed E-state index contributed by atoms with van der Waals surface area (Å²) in [6, 6.07) is 13.5. The normalized spacial score (nSPS) is 14.2. The first-order valence-corrected chi connectivity index (χ1v) is 11.3. The lowest BCUT2D eigenvalue weighted by atomic mass is 10.1. The molecule has 0 radical (unpaired) electrons. The van der Waals surface area contributed by atoms with Gasteiger partial charge in [0.25, 0.3) is 0 Å². The Morgan fingerprint density at radius 3 is 2.73 bits per heavy atom. The van der Waals surface area contributed by atoms with Crippen molar-refractivity contribution in [3.8, 4) is 17.6 Å². The molecule has 1 saturated carbocycles. The van der Waals surface area contributed by atoms with Gasteiger partial charge in [0.1, 0.15) is 29.0 Å². The fourth-order valence-corrected chi connectivity index (χ4v) is 4.34. The molecule has 0 unspecified atom stereocenters. The van der Waals surface area contributed by atoms with Crippen molar-refractivity contribution in [3.05, 3.63) is 76.3 Å². The van der Waals surface area contributed by atoms with Gasteiger partial charge in [0, 0.05) is 18.0 Å². The largest absolute Gasteiger partial charge is 0.490 e. The summed E-state index contributed by atoms with van der Waals surface area (Å²) in [4.78, 5) is 13.7. The SMILES string of the molecule is Cc1cccc(C=Cc2nc3cc(Cl)cnc3n2-c2ccc(C#N)cn2)c1OC1CCCC1. The molecule has 4 aromatic rings. The van der Waals surface area contributed by atoms with E-state index in [4.69, 9.17) is 26.6 Å². The van der Waals surface area contributed by atoms with E-state index < -0.39 is 0 Å². The lowest BCUT2D eigenvalue weighted by Gasteiger charge is -2.17. The smallest absolute Gasteiger partial charge is 0.166 e. The minimum atomic E-state index is 0.275. The molecule has 1 aromatic carbocycles. The minimum absolute atomic E-state index is 0.275. The summed E-state index contributed by atoms with van der Waals surface area (Å²) in [5.41, 5.74) is 3.91. The third-order valence-electron chi connectivity index (χ3n) is 5.84. The summed E-state index contributed by atoms with van der Waals surface area (Å²) in [6.45, 7) is 2.07. The van der Waals surface area contributed by atoms with Gasteiger partial charge in [0.2, 0.25) is 0 Å². The van der Waals surface area contributed by atoms with Crippen LogP contribution < -0.4 is 4.74 Å². The number of fused-ring (bicyclic) bond motifs is 1. The van der Waals surface area contributed by atoms with E-state index in [9.17, 15) is 0 Å². The van der Waals surface area contributed by atoms with E-state index in [1.165, 1.54) is 12.8 Å². The topological polar surface area (TPSA) is 76.6 Å². The zero-order valence-corrected chi connectivity index (χ0v) is 19.0. The van der Waals surface area contributed by atoms with Crippen molar-refractivity contribution in [2.75, 3.05) is 0 Å². The molecule has 33 heavy (non-hydrogen) atoms. The number of benzene rings is 1. The number of imidazole rings is 1. The van der Waals surface area contributed by atoms with Gasteiger partial charge >= 0.3 is 0 Å². The lowest BCUT2D eigenvalue weighted by Crippen LogP contribution is -2.12. The van der Waals surface area contributed by atoms with Crippen LogP contribution in [0.4, 0.5) is 0 Å². The summed E-state index contributed by atoms with van der Waals surface area (Å²) in [6.07, 6.45) is 12.0. The average Bonchev–Trinajstić information content (AvgIpc) is 3.46. The maximum atomic E-state index is 9.12. The molecule has 0 atom stereocenters. The Kier molecular flexibility index (Phi) is 5.80. The summed E-state index contributed by atoms with van der Waals surface area (Å²) in [5.74, 6) is 2.20. The number of aromatic nitrogens is 4. The molecule has 5 rings (SSSR count). The summed E-state index contributed by atoms with van der Waals surface area (Å²) < 4.78 is 8.25. The molecule has 1 aliphatic rings. The molecule has 0 spiro atoms. The van der Waals surface area contributed by atoms with E-state index in [2.05, 4.69) is 35.1 Å². The minimum Gasteiger partial charge on any atom is -0.490 e. The van der Waals surface area contributed by atoms with Crippen LogP contribution in [0.15, 0.2) is 48.8 Å². The molecule has 0 N–H and O–H groups in total. The number of nitriles is 1. The number of aryl methyl sites for hydroxylation is 1. The van der Waals surface area contributed by atoms with E-state index in [0.29, 0.717) is 33.4 Å². The van der Waals surface area contributed by atoms with Gasteiger partial charge in [-0.25, -0.2) is 15.0 Å². The molecular weight excluding hydrogens is 434 g/mol. The number of halogens is 1. The maximum Gasteiger partial charge on any atom is 0.166 e. The highest BCUT2D eigenvalue weighted by molar-refractivity contribution is 6.31. The number of hydrogen-bond acceptors (Lipinski definition) is 5. The zero-order chi connectivity index (χ0) is 22.8. The Morgan fingerprint density at radius 2 is 1.97 bits per heavy atom. The van der Waals surface area contributed by atoms with Crippen LogP contribution in [0.5, 0.6) is 5.75 Å². The Bertz CT molecular complexity index is 1380. The molecule has 0 amide bonds. The first kappa shape index (κ1) is 21.2. The second-order valence-electron chi connectivity index (χ2n) is 8.17. The molecular formula is C26H22ClN5O. The lowest BCUT2D eigenvalue weighted by molar-refractivity contribution is 0.208. The molecule has 164 valence electrons. The van der Waals surface area contributed by atoms with Gasteiger partial charge in [-0.1, -0.05) is 29.8 Å². The number of rotatable bonds is 5. The van der Waals surface area contributed by atoms with E-state index in [1.54, 1.807) is 30.6 Å². The second-order valence-corrected chi connectivity index (χ2v) is 8.61. The molecule has 0 aliphatic heterocycles. The third kappa shape index (κ3) is 4.33. The first-order valence-electron chi connectivity index (χ1n) is 11.0. The quantitative estimate of drug-likeness (QED) is 0.361. The van der Waals surface area contributed by atoms with Crippen LogP contribution in [0.3, 0.4) is 0 Å². The van der Waals surface area contributed by atoms with Crippen molar-refractivity contribution < 1.29 is 4.74 Å². The average molecular weight is 456 g/mol. The monoisotopic (exact) mass is 455 g/mol. The Hall–Kier alpha value is -3.69. The van der Waals surface area contributed by atoms with Crippen molar-refractivity contribution in [3.63, 3.8) is 0 Å². The molecule has 7 heteroatoms. The van der Waals surface area contributed by atoms with Crippen LogP contribution in [-0.4, -0.2) is 25.6 Å². The van der Waals surface area contributed by atoms with Crippen molar-refractivity contribution >= 4 is 34.9 Å². The second kappa shape index (κ2) is 9.05. The van der Waals surface area contributed by atoms with Gasteiger partial charge in [-0.15, -0.1) is 0 Å². The Balaban J connectivity index is 1.58. The van der Waals surface area contributed by atoms with Crippen LogP contribution >= 0.6 is 11.6 Å². The van der Waals surface area contributed by atoms with Gasteiger partial charge in [0.15, 0.2) is 5.65 Å². The van der Waals surface area contributed by atoms with Crippen LogP contribution in [0.2, 0.25) is 5.02 Å². The van der Waals surface area contributed by atoms with E-state index in [1.807, 2.05) is 22.8 Å². The maximum absolute atomic E-state index is 9.12. The van der Waals surface area contributed by atoms with Gasteiger partial charge < -0.3 is 4.74 Å². The number of pyridine rings is 2. The molecule has 6 nitrogen and oxygen atoms in total. The molecule has 3 aromatic heterocycles. The summed E-state index contributed by atoms with van der Waals surface area (Å²) in [5, 5.41) is 9.63. The van der Waals surface area contributed by atoms with Crippen LogP contribution in [0, 0.1) is 18.3 Å². The van der Waals surface area contributed by atoms with Gasteiger partial charge in [0.05, 0.1) is 16.7 Å². The van der Waals surface area contributed by atoms with E-state index >= 15 is 0 Å². The molecule has 0 saturated heterocycles. The highest BCUT2D eigenvalue weighted by Crippen LogP contribution is 2.31. The van der Waals surface area contributed by atoms with Crippen LogP contribution in [-0.2, 0) is 0 Å². The number of hydrogen-bond donors (Lipinski definition) is 0. The van der Waals surface area contributed by atoms with Gasteiger partial charge in [-0.05, 0) is 68.5 Å². The third-order valence-corrected chi connectivity index (χ3v) is 6.04. The number of ether oxygens (including phenoxy) is 1. The van der Waals surface area contributed by atoms with Crippen molar-refractivity contribution in [1.29, 1.82) is 5.26 Å². The standard InChI is InChI=1S/C26H22ClN5O/c1-17-5-4-6-19(25(17)33-21-7-2-3-8-21)10-12-24-31-22-13-20(27)16-30-26(22)32(24)23-11-9-18(14-28)15-29-23/h4-6,9-13,15-16,21H,2-3,7-8H2,1H3. The van der Waals surface area contributed by atoms with Crippen molar-refractivity contribution in [2.45, 2.75) is 38.7 Å². The van der Waals surface area contributed by atoms with E-state index in [0.717, 1.165) is 29.7 Å². The molecule has 3 heterocycles. The van der Waals surface area contributed by atoms with Crippen molar-refractivity contribution in [1.82, 2.24) is 19.5 Å². The van der Waals surface area contributed by atoms with Gasteiger partial charge in [-0.3, -0.25) is 4.57 Å². The Morgan fingerprint density at radius 1 is 1.12 bits per heavy atom. The fourth-order valence-electron chi connectivity index (χ4n) is 4.18. The van der Waals surface area contributed by atoms with Crippen LogP contribution in [0.1, 0.15) is 48.2 Å². The predicted octanol–water partition coefficient (Wildman–Crippen LogP) is 6.14. The zero-order valence-electron chi connectivity index (χ0n) is 18.2. The highest BCUT2D eigenvalue weighted by Gasteiger charge is 2.19. The fraction of sp³-hybridized carbons (Fsp3) is 0.231. The molecule has 0 bridgehead atoms. The molecule has 1 aliphatic carbocycles. The number of para-hydroxylation sites is 1. The van der Waals surface area contributed by atoms with Crippen LogP contribution in [0.25, 0.3) is 29.1 Å². The van der Waals surface area contributed by atoms with Gasteiger partial charge in [-0.2, -0.15) is 5.26 Å². The highest BCUT2D eigenvalue weighted by atomic mass is 35.5. The molecule has 1 fully saturated rings. The number of nitrogens with zero attached hydrogens (tertiary/aromatic N) is 5. The summed E-state index contributed by atoms with van der Waals surface area (Å²) in [7, 11) is 0.